The maximum Gasteiger partial charge on any atom is 0.243 e. The largest absolute Gasteiger partial charge is 0.394 e. The van der Waals surface area contributed by atoms with Gasteiger partial charge in [-0.1, -0.05) is 58.0 Å². The second-order valence-corrected chi connectivity index (χ2v) is 12.2. The molecule has 0 aliphatic carbocycles. The number of nitrogens with two attached hydrogens (primary N) is 3. The molecule has 13 heteroatoms. The molecule has 1 rings (SSSR count). The number of primary amides is 2. The Balaban J connectivity index is 2.78. The molecule has 0 saturated carbocycles. The molecule has 40 heavy (non-hydrogen) atoms. The lowest BCUT2D eigenvalue weighted by Gasteiger charge is -2.29. The number of aryl methyl sites for hydroxylation is 1. The molecule has 0 bridgehead atoms. The molecular weight excluding hydrogens is 552 g/mol. The minimum Gasteiger partial charge on any atom is -0.394 e. The summed E-state index contributed by atoms with van der Waals surface area (Å²) in [5, 5.41) is 28.1. The van der Waals surface area contributed by atoms with Crippen LogP contribution < -0.4 is 33.2 Å². The van der Waals surface area contributed by atoms with Crippen molar-refractivity contribution in [1.29, 1.82) is 0 Å². The van der Waals surface area contributed by atoms with Gasteiger partial charge in [0, 0.05) is 30.0 Å². The normalized spacial score (nSPS) is 16.0. The van der Waals surface area contributed by atoms with Crippen molar-refractivity contribution in [1.82, 2.24) is 16.0 Å². The van der Waals surface area contributed by atoms with E-state index in [0.29, 0.717) is 30.8 Å². The molecule has 0 saturated heterocycles. The number of nitrogens with one attached hydrogen (secondary N) is 3. The monoisotopic (exact) mass is 598 g/mol. The van der Waals surface area contributed by atoms with Crippen molar-refractivity contribution in [3.8, 4) is 0 Å². The first kappa shape index (κ1) is 35.7. The van der Waals surface area contributed by atoms with Crippen molar-refractivity contribution in [2.45, 2.75) is 82.3 Å². The van der Waals surface area contributed by atoms with Crippen molar-refractivity contribution >= 4 is 39.3 Å². The van der Waals surface area contributed by atoms with E-state index < -0.39 is 30.1 Å². The number of rotatable bonds is 22. The summed E-state index contributed by atoms with van der Waals surface area (Å²) in [5.41, 5.74) is 18.6. The second-order valence-electron chi connectivity index (χ2n) is 9.60. The SMILES string of the molecule is C/C=C\N[C@@H](CSSC[C@H](NC(CCc1ccccc1)C(N)CCCC(N)=O)C(N)=O)C(=O)N[C@H](CO)[C@@H](C)O. The number of carbonyl (C=O) groups is 3. The molecule has 0 spiro atoms. The third kappa shape index (κ3) is 14.9. The van der Waals surface area contributed by atoms with Crippen LogP contribution in [0.3, 0.4) is 0 Å². The van der Waals surface area contributed by atoms with Gasteiger partial charge >= 0.3 is 0 Å². The number of amides is 3. The van der Waals surface area contributed by atoms with Gasteiger partial charge in [0.05, 0.1) is 24.8 Å². The van der Waals surface area contributed by atoms with Gasteiger partial charge in [0.25, 0.3) is 0 Å². The number of hydrogen-bond acceptors (Lipinski definition) is 10. The van der Waals surface area contributed by atoms with Crippen molar-refractivity contribution in [2.24, 2.45) is 17.2 Å². The predicted molar refractivity (Wildman–Crippen MR) is 163 cm³/mol. The van der Waals surface area contributed by atoms with Crippen LogP contribution in [-0.4, -0.2) is 82.4 Å². The highest BCUT2D eigenvalue weighted by molar-refractivity contribution is 8.76. The number of benzene rings is 1. The van der Waals surface area contributed by atoms with Crippen molar-refractivity contribution in [3.05, 3.63) is 48.2 Å². The molecule has 1 aromatic carbocycles. The summed E-state index contributed by atoms with van der Waals surface area (Å²) in [5.74, 6) is -0.544. The van der Waals surface area contributed by atoms with Crippen LogP contribution in [0.2, 0.25) is 0 Å². The molecule has 0 aliphatic heterocycles. The van der Waals surface area contributed by atoms with E-state index in [-0.39, 0.29) is 36.9 Å². The Labute approximate surface area is 245 Å². The van der Waals surface area contributed by atoms with Gasteiger partial charge in [0.1, 0.15) is 6.04 Å². The van der Waals surface area contributed by atoms with Crippen molar-refractivity contribution in [3.63, 3.8) is 0 Å². The van der Waals surface area contributed by atoms with Gasteiger partial charge in [-0.25, -0.2) is 0 Å². The molecule has 6 atom stereocenters. The van der Waals surface area contributed by atoms with E-state index in [0.717, 1.165) is 12.0 Å². The molecule has 11 N–H and O–H groups in total. The lowest BCUT2D eigenvalue weighted by molar-refractivity contribution is -0.124. The van der Waals surface area contributed by atoms with E-state index >= 15 is 0 Å². The van der Waals surface area contributed by atoms with Crippen LogP contribution in [0.5, 0.6) is 0 Å². The lowest BCUT2D eigenvalue weighted by atomic mass is 9.95. The lowest BCUT2D eigenvalue weighted by Crippen LogP contribution is -2.54. The molecule has 0 heterocycles. The van der Waals surface area contributed by atoms with Crippen LogP contribution in [0, 0.1) is 0 Å². The summed E-state index contributed by atoms with van der Waals surface area (Å²) in [6.45, 7) is 2.92. The highest BCUT2D eigenvalue weighted by atomic mass is 33.1. The summed E-state index contributed by atoms with van der Waals surface area (Å²) in [7, 11) is 2.79. The minimum absolute atomic E-state index is 0.220. The van der Waals surface area contributed by atoms with Crippen LogP contribution in [0.25, 0.3) is 0 Å². The number of allylic oxidation sites excluding steroid dienone is 1. The summed E-state index contributed by atoms with van der Waals surface area (Å²) in [6.07, 6.45) is 5.30. The number of carbonyl (C=O) groups excluding carboxylic acids is 3. The Morgan fingerprint density at radius 1 is 1.02 bits per heavy atom. The Morgan fingerprint density at radius 3 is 2.23 bits per heavy atom. The van der Waals surface area contributed by atoms with Crippen LogP contribution in [0.15, 0.2) is 42.6 Å². The zero-order valence-electron chi connectivity index (χ0n) is 23.3. The van der Waals surface area contributed by atoms with Gasteiger partial charge in [-0.3, -0.25) is 14.4 Å². The van der Waals surface area contributed by atoms with Crippen LogP contribution in [-0.2, 0) is 20.8 Å². The zero-order valence-corrected chi connectivity index (χ0v) is 25.0. The predicted octanol–water partition coefficient (Wildman–Crippen LogP) is 0.145. The quantitative estimate of drug-likeness (QED) is 0.0669. The molecule has 2 unspecified atom stereocenters. The maximum atomic E-state index is 12.7. The molecule has 1 aromatic rings. The molecule has 0 radical (unpaired) electrons. The molecule has 0 aliphatic rings. The van der Waals surface area contributed by atoms with E-state index in [2.05, 4.69) is 16.0 Å². The van der Waals surface area contributed by atoms with Crippen molar-refractivity contribution in [2.75, 3.05) is 18.1 Å². The zero-order chi connectivity index (χ0) is 29.9. The Hall–Kier alpha value is -2.29. The number of hydrogen-bond donors (Lipinski definition) is 8. The molecule has 0 aromatic heterocycles. The Bertz CT molecular complexity index is 909. The summed E-state index contributed by atoms with van der Waals surface area (Å²) >= 11 is 0. The number of aliphatic hydroxyl groups excluding tert-OH is 2. The summed E-state index contributed by atoms with van der Waals surface area (Å²) in [4.78, 5) is 36.2. The van der Waals surface area contributed by atoms with Gasteiger partial charge in [-0.05, 0) is 51.3 Å². The van der Waals surface area contributed by atoms with Gasteiger partial charge in [-0.2, -0.15) is 0 Å². The molecule has 226 valence electrons. The fourth-order valence-electron chi connectivity index (χ4n) is 3.82. The van der Waals surface area contributed by atoms with Crippen LogP contribution in [0.4, 0.5) is 0 Å². The smallest absolute Gasteiger partial charge is 0.243 e. The van der Waals surface area contributed by atoms with Crippen molar-refractivity contribution < 1.29 is 24.6 Å². The fraction of sp³-hybridized carbons (Fsp3) is 0.593. The molecule has 3 amide bonds. The summed E-state index contributed by atoms with van der Waals surface area (Å²) in [6, 6.07) is 7.36. The average molecular weight is 599 g/mol. The third-order valence-electron chi connectivity index (χ3n) is 6.26. The molecule has 11 nitrogen and oxygen atoms in total. The van der Waals surface area contributed by atoms with Crippen LogP contribution >= 0.6 is 21.6 Å². The van der Waals surface area contributed by atoms with Gasteiger partial charge in [0.2, 0.25) is 17.7 Å². The van der Waals surface area contributed by atoms with Gasteiger partial charge in [0.15, 0.2) is 0 Å². The van der Waals surface area contributed by atoms with E-state index in [1.807, 2.05) is 37.3 Å². The average Bonchev–Trinajstić information content (AvgIpc) is 2.92. The fourth-order valence-corrected chi connectivity index (χ4v) is 6.18. The van der Waals surface area contributed by atoms with E-state index in [1.54, 1.807) is 12.3 Å². The molecular formula is C27H46N6O5S2. The Kier molecular flexibility index (Phi) is 18.4. The second kappa shape index (κ2) is 20.6. The highest BCUT2D eigenvalue weighted by Gasteiger charge is 2.26. The van der Waals surface area contributed by atoms with E-state index in [4.69, 9.17) is 17.2 Å². The first-order valence-corrected chi connectivity index (χ1v) is 15.9. The van der Waals surface area contributed by atoms with Crippen LogP contribution in [0.1, 0.15) is 45.1 Å². The topological polar surface area (TPSA) is 206 Å². The maximum absolute atomic E-state index is 12.7. The minimum atomic E-state index is -0.905. The third-order valence-corrected chi connectivity index (χ3v) is 8.68. The van der Waals surface area contributed by atoms with E-state index in [1.165, 1.54) is 28.5 Å². The first-order valence-electron chi connectivity index (χ1n) is 13.4. The summed E-state index contributed by atoms with van der Waals surface area (Å²) < 4.78 is 0. The van der Waals surface area contributed by atoms with Gasteiger partial charge < -0.3 is 43.4 Å². The molecule has 0 fully saturated rings. The Morgan fingerprint density at radius 2 is 1.68 bits per heavy atom. The first-order chi connectivity index (χ1) is 19.1. The standard InChI is InChI=1S/C27H46N6O5S2/c1-3-14-31-24(27(38)33-22(15-34)18(2)35)17-40-39-16-23(26(30)37)32-21(20(28)10-7-11-25(29)36)13-12-19-8-5-4-6-9-19/h3-6,8-9,14,18,20-24,31-32,34-35H,7,10-13,15-17,28H2,1-2H3,(H2,29,36)(H2,30,37)(H,33,38)/b14-3-/t18-,20?,21?,22-,23+,24+/m1/s1. The van der Waals surface area contributed by atoms with E-state index in [9.17, 15) is 24.6 Å². The van der Waals surface area contributed by atoms with Gasteiger partial charge in [-0.15, -0.1) is 0 Å². The number of aliphatic hydroxyl groups is 2. The highest BCUT2D eigenvalue weighted by Crippen LogP contribution is 2.24.